The lowest BCUT2D eigenvalue weighted by atomic mass is 10.2. The van der Waals surface area contributed by atoms with Crippen LogP contribution in [0.2, 0.25) is 0 Å². The second-order valence-electron chi connectivity index (χ2n) is 4.78. The third-order valence-electron chi connectivity index (χ3n) is 2.84. The number of hydrogen-bond donors (Lipinski definition) is 1. The van der Waals surface area contributed by atoms with Crippen molar-refractivity contribution in [3.8, 4) is 5.75 Å². The molecule has 140 valence electrons. The van der Waals surface area contributed by atoms with E-state index in [1.165, 1.54) is 6.08 Å². The number of nitrogens with zero attached hydrogens (tertiary/aromatic N) is 3. The normalized spacial score (nSPS) is 12.6. The van der Waals surface area contributed by atoms with Crippen molar-refractivity contribution in [1.82, 2.24) is 15.0 Å². The first-order valence-corrected chi connectivity index (χ1v) is 9.29. The third kappa shape index (κ3) is 6.27. The Kier molecular flexibility index (Phi) is 7.62. The van der Waals surface area contributed by atoms with Gasteiger partial charge in [0.15, 0.2) is 17.5 Å². The Balaban J connectivity index is 2.42. The van der Waals surface area contributed by atoms with Crippen LogP contribution in [0.3, 0.4) is 0 Å². The fourth-order valence-electron chi connectivity index (χ4n) is 1.79. The monoisotopic (exact) mass is 475 g/mol. The van der Waals surface area contributed by atoms with Gasteiger partial charge in [-0.3, -0.25) is 0 Å². The van der Waals surface area contributed by atoms with Gasteiger partial charge in [0, 0.05) is 5.56 Å². The van der Waals surface area contributed by atoms with Crippen LogP contribution in [-0.4, -0.2) is 33.3 Å². The van der Waals surface area contributed by atoms with E-state index in [1.54, 1.807) is 24.3 Å². The van der Waals surface area contributed by atoms with E-state index in [-0.39, 0.29) is 30.7 Å². The second kappa shape index (κ2) is 9.11. The lowest BCUT2D eigenvalue weighted by Gasteiger charge is -2.14. The van der Waals surface area contributed by atoms with Gasteiger partial charge < -0.3 is 9.84 Å². The van der Waals surface area contributed by atoms with Crippen molar-refractivity contribution in [1.29, 1.82) is 0 Å². The summed E-state index contributed by atoms with van der Waals surface area (Å²) in [4.78, 5) is 12.0. The van der Waals surface area contributed by atoms with Crippen LogP contribution in [0.25, 0.3) is 12.2 Å². The maximum absolute atomic E-state index is 8.89. The quantitative estimate of drug-likeness (QED) is 0.609. The molecule has 0 saturated heterocycles. The Morgan fingerprint density at radius 3 is 2.00 bits per heavy atom. The Morgan fingerprint density at radius 1 is 0.885 bits per heavy atom. The molecule has 0 amide bonds. The maximum Gasteiger partial charge on any atom is 0.250 e. The lowest BCUT2D eigenvalue weighted by molar-refractivity contribution is 0.201. The van der Waals surface area contributed by atoms with E-state index in [0.717, 1.165) is 0 Å². The largest absolute Gasteiger partial charge is 0.491 e. The van der Waals surface area contributed by atoms with Gasteiger partial charge in [-0.2, -0.15) is 0 Å². The van der Waals surface area contributed by atoms with E-state index in [1.807, 2.05) is 6.07 Å². The first kappa shape index (κ1) is 21.8. The summed E-state index contributed by atoms with van der Waals surface area (Å²) in [6.07, 6.45) is 3.20. The molecule has 0 aliphatic carbocycles. The third-order valence-corrected chi connectivity index (χ3v) is 3.85. The molecule has 0 radical (unpaired) electrons. The van der Waals surface area contributed by atoms with E-state index in [4.69, 9.17) is 79.4 Å². The highest BCUT2D eigenvalue weighted by atomic mass is 35.6. The number of halogens is 6. The molecule has 0 atom stereocenters. The highest BCUT2D eigenvalue weighted by Gasteiger charge is 2.33. The Hall–Kier alpha value is -0.530. The van der Waals surface area contributed by atoms with Crippen LogP contribution in [0.4, 0.5) is 0 Å². The van der Waals surface area contributed by atoms with Gasteiger partial charge in [0.1, 0.15) is 12.4 Å². The zero-order valence-corrected chi connectivity index (χ0v) is 17.4. The van der Waals surface area contributed by atoms with Gasteiger partial charge in [0.05, 0.1) is 6.61 Å². The molecule has 1 aromatic carbocycles. The Bertz CT molecular complexity index is 757. The number of benzene rings is 1. The molecule has 1 N–H and O–H groups in total. The predicted octanol–water partition coefficient (Wildman–Crippen LogP) is 5.07. The number of rotatable bonds is 5. The molecule has 0 bridgehead atoms. The van der Waals surface area contributed by atoms with Crippen LogP contribution < -0.4 is 4.74 Å². The summed E-state index contributed by atoms with van der Waals surface area (Å²) in [7, 11) is 0. The molecule has 11 heteroatoms. The summed E-state index contributed by atoms with van der Waals surface area (Å²) in [6.45, 7) is 0.0518. The minimum atomic E-state index is -1.92. The average molecular weight is 478 g/mol. The highest BCUT2D eigenvalue weighted by Crippen LogP contribution is 2.40. The molecule has 5 nitrogen and oxygen atoms in total. The van der Waals surface area contributed by atoms with Crippen LogP contribution in [0.15, 0.2) is 24.3 Å². The van der Waals surface area contributed by atoms with E-state index in [2.05, 4.69) is 15.0 Å². The fraction of sp³-hybridized carbons (Fsp3) is 0.267. The summed E-state index contributed by atoms with van der Waals surface area (Å²) in [5.74, 6) is 0.334. The van der Waals surface area contributed by atoms with Gasteiger partial charge in [-0.05, 0) is 18.2 Å². The zero-order chi connectivity index (χ0) is 19.4. The highest BCUT2D eigenvalue weighted by molar-refractivity contribution is 6.67. The number of alkyl halides is 6. The van der Waals surface area contributed by atoms with Crippen LogP contribution >= 0.6 is 69.6 Å². The second-order valence-corrected chi connectivity index (χ2v) is 9.34. The smallest absolute Gasteiger partial charge is 0.250 e. The average Bonchev–Trinajstić information content (AvgIpc) is 2.57. The molecule has 0 aliphatic rings. The molecule has 2 aromatic rings. The molecule has 26 heavy (non-hydrogen) atoms. The van der Waals surface area contributed by atoms with E-state index >= 15 is 0 Å². The number of para-hydroxylation sites is 1. The molecule has 0 aliphatic heterocycles. The van der Waals surface area contributed by atoms with Crippen LogP contribution in [0.5, 0.6) is 5.75 Å². The first-order chi connectivity index (χ1) is 12.1. The van der Waals surface area contributed by atoms with Crippen molar-refractivity contribution in [2.75, 3.05) is 13.2 Å². The minimum Gasteiger partial charge on any atom is -0.491 e. The number of aliphatic hydroxyl groups excluding tert-OH is 1. The van der Waals surface area contributed by atoms with Crippen molar-refractivity contribution in [3.63, 3.8) is 0 Å². The molecule has 0 saturated carbocycles. The van der Waals surface area contributed by atoms with Gasteiger partial charge in [0.2, 0.25) is 7.59 Å². The van der Waals surface area contributed by atoms with E-state index in [9.17, 15) is 0 Å². The molecule has 0 spiro atoms. The van der Waals surface area contributed by atoms with Crippen molar-refractivity contribution in [2.45, 2.75) is 7.59 Å². The summed E-state index contributed by atoms with van der Waals surface area (Å²) in [6, 6.07) is 7.17. The van der Waals surface area contributed by atoms with Gasteiger partial charge in [0.25, 0.3) is 0 Å². The van der Waals surface area contributed by atoms with Crippen LogP contribution in [-0.2, 0) is 7.59 Å². The molecular weight excluding hydrogens is 467 g/mol. The number of aromatic nitrogens is 3. The summed E-state index contributed by atoms with van der Waals surface area (Å²) < 4.78 is 1.61. The predicted molar refractivity (Wildman–Crippen MR) is 106 cm³/mol. The molecule has 2 rings (SSSR count). The molecule has 0 fully saturated rings. The molecular formula is C15H11Cl6N3O2. The molecule has 0 unspecified atom stereocenters. The topological polar surface area (TPSA) is 68.1 Å². The Morgan fingerprint density at radius 2 is 1.46 bits per heavy atom. The summed E-state index contributed by atoms with van der Waals surface area (Å²) >= 11 is 35.0. The maximum atomic E-state index is 8.89. The Labute approximate surface area is 179 Å². The number of hydrogen-bond acceptors (Lipinski definition) is 5. The number of ether oxygens (including phenoxy) is 1. The minimum absolute atomic E-state index is 0.106. The van der Waals surface area contributed by atoms with Crippen LogP contribution in [0.1, 0.15) is 23.0 Å². The van der Waals surface area contributed by atoms with Crippen LogP contribution in [0, 0.1) is 0 Å². The van der Waals surface area contributed by atoms with Crippen molar-refractivity contribution in [3.05, 3.63) is 47.3 Å². The fourth-order valence-corrected chi connectivity index (χ4v) is 2.30. The van der Waals surface area contributed by atoms with E-state index in [0.29, 0.717) is 11.3 Å². The van der Waals surface area contributed by atoms with Crippen molar-refractivity contribution < 1.29 is 9.84 Å². The first-order valence-electron chi connectivity index (χ1n) is 7.02. The van der Waals surface area contributed by atoms with Crippen molar-refractivity contribution in [2.24, 2.45) is 0 Å². The van der Waals surface area contributed by atoms with Crippen molar-refractivity contribution >= 4 is 81.8 Å². The molecule has 1 aromatic heterocycles. The summed E-state index contributed by atoms with van der Waals surface area (Å²) in [5, 5.41) is 8.89. The lowest BCUT2D eigenvalue weighted by Crippen LogP contribution is -2.16. The zero-order valence-electron chi connectivity index (χ0n) is 12.8. The van der Waals surface area contributed by atoms with Gasteiger partial charge >= 0.3 is 0 Å². The van der Waals surface area contributed by atoms with Gasteiger partial charge in [-0.25, -0.2) is 15.0 Å². The summed E-state index contributed by atoms with van der Waals surface area (Å²) in [5.41, 5.74) is 0.715. The van der Waals surface area contributed by atoms with Gasteiger partial charge in [-0.1, -0.05) is 87.8 Å². The molecule has 1 heterocycles. The number of aliphatic hydroxyl groups is 1. The van der Waals surface area contributed by atoms with E-state index < -0.39 is 7.59 Å². The standard InChI is InChI=1S/C15H11Cl6N3O2/c16-14(17,18)12-22-11(23-13(24-12)15(19,20)21)6-5-9-3-1-2-4-10(9)26-8-7-25/h1-6,25H,7-8H2. The SMILES string of the molecule is OCCOc1ccccc1C=Cc1nc(C(Cl)(Cl)Cl)nc(C(Cl)(Cl)Cl)n1. The van der Waals surface area contributed by atoms with Gasteiger partial charge in [-0.15, -0.1) is 0 Å².